The van der Waals surface area contributed by atoms with Crippen molar-refractivity contribution in [1.29, 1.82) is 0 Å². The van der Waals surface area contributed by atoms with Crippen molar-refractivity contribution >= 4 is 11.0 Å². The highest BCUT2D eigenvalue weighted by Gasteiger charge is 2.28. The van der Waals surface area contributed by atoms with Crippen molar-refractivity contribution in [2.24, 2.45) is 24.3 Å². The first-order valence-electron chi connectivity index (χ1n) is 12.9. The fourth-order valence-corrected chi connectivity index (χ4v) is 5.64. The molecule has 4 unspecified atom stereocenters. The van der Waals surface area contributed by atoms with E-state index < -0.39 is 0 Å². The summed E-state index contributed by atoms with van der Waals surface area (Å²) in [7, 11) is 2.08. The third-order valence-corrected chi connectivity index (χ3v) is 7.73. The molecule has 4 nitrogen and oxygen atoms in total. The molecule has 0 saturated carbocycles. The van der Waals surface area contributed by atoms with Gasteiger partial charge >= 0.3 is 0 Å². The van der Waals surface area contributed by atoms with Crippen molar-refractivity contribution in [3.05, 3.63) is 29.6 Å². The number of imidazole rings is 1. The van der Waals surface area contributed by atoms with Crippen molar-refractivity contribution in [1.82, 2.24) is 9.55 Å². The Bertz CT molecular complexity index is 856. The molecular weight excluding hydrogens is 396 g/mol. The van der Waals surface area contributed by atoms with E-state index in [1.165, 1.54) is 36.8 Å². The second-order valence-corrected chi connectivity index (χ2v) is 11.2. The Morgan fingerprint density at radius 2 is 1.75 bits per heavy atom. The van der Waals surface area contributed by atoms with Crippen LogP contribution in [0.25, 0.3) is 11.0 Å². The van der Waals surface area contributed by atoms with Crippen LogP contribution in [0.1, 0.15) is 103 Å². The molecule has 2 aromatic rings. The van der Waals surface area contributed by atoms with Gasteiger partial charge in [-0.3, -0.25) is 0 Å². The summed E-state index contributed by atoms with van der Waals surface area (Å²) in [4.78, 5) is 4.74. The first-order valence-corrected chi connectivity index (χ1v) is 12.9. The van der Waals surface area contributed by atoms with Gasteiger partial charge in [0, 0.05) is 13.7 Å². The molecule has 1 aromatic heterocycles. The summed E-state index contributed by atoms with van der Waals surface area (Å²) in [6.45, 7) is 12.0. The lowest BCUT2D eigenvalue weighted by molar-refractivity contribution is 0.0237. The molecule has 4 heteroatoms. The highest BCUT2D eigenvalue weighted by Crippen LogP contribution is 2.35. The molecule has 0 radical (unpaired) electrons. The molecule has 3 rings (SSSR count). The van der Waals surface area contributed by atoms with Crippen molar-refractivity contribution in [2.45, 2.75) is 105 Å². The molecule has 1 N–H and O–H groups in total. The molecule has 4 atom stereocenters. The maximum Gasteiger partial charge on any atom is 0.106 e. The van der Waals surface area contributed by atoms with Gasteiger partial charge in [0.25, 0.3) is 0 Å². The van der Waals surface area contributed by atoms with Crippen LogP contribution in [-0.2, 0) is 11.8 Å². The van der Waals surface area contributed by atoms with Crippen LogP contribution < -0.4 is 0 Å². The highest BCUT2D eigenvalue weighted by atomic mass is 16.5. The van der Waals surface area contributed by atoms with E-state index in [9.17, 15) is 5.11 Å². The molecule has 1 fully saturated rings. The van der Waals surface area contributed by atoms with Gasteiger partial charge in [0.15, 0.2) is 0 Å². The van der Waals surface area contributed by atoms with E-state index in [2.05, 4.69) is 64.4 Å². The Balaban J connectivity index is 1.70. The largest absolute Gasteiger partial charge is 0.393 e. The van der Waals surface area contributed by atoms with Gasteiger partial charge in [-0.15, -0.1) is 0 Å². The smallest absolute Gasteiger partial charge is 0.106 e. The van der Waals surface area contributed by atoms with Crippen LogP contribution >= 0.6 is 0 Å². The molecule has 1 aliphatic heterocycles. The van der Waals surface area contributed by atoms with E-state index in [1.807, 2.05) is 0 Å². The SMILES string of the molecule is Cc1nc2cc(C3CCCCCCC(C)C(O)C(C)CC(C)(C)CCCO3)ccc2n1C. The lowest BCUT2D eigenvalue weighted by atomic mass is 9.76. The highest BCUT2D eigenvalue weighted by molar-refractivity contribution is 5.76. The Hall–Kier alpha value is -1.39. The monoisotopic (exact) mass is 442 g/mol. The topological polar surface area (TPSA) is 47.3 Å². The molecule has 0 spiro atoms. The minimum Gasteiger partial charge on any atom is -0.393 e. The predicted octanol–water partition coefficient (Wildman–Crippen LogP) is 7.12. The molecule has 0 bridgehead atoms. The summed E-state index contributed by atoms with van der Waals surface area (Å²) in [5, 5.41) is 10.8. The summed E-state index contributed by atoms with van der Waals surface area (Å²) < 4.78 is 8.64. The van der Waals surface area contributed by atoms with Crippen LogP contribution in [0.15, 0.2) is 18.2 Å². The number of nitrogens with zero attached hydrogens (tertiary/aromatic N) is 2. The van der Waals surface area contributed by atoms with E-state index in [0.29, 0.717) is 11.8 Å². The standard InChI is InChI=1S/C28H46N2O2/c1-20-12-9-7-8-10-13-26(23-14-15-25-24(18-23)29-22(3)30(25)6)32-17-11-16-28(4,5)19-21(2)27(20)31/h14-15,18,20-21,26-27,31H,7-13,16-17,19H2,1-6H3. The van der Waals surface area contributed by atoms with Gasteiger partial charge in [0.2, 0.25) is 0 Å². The summed E-state index contributed by atoms with van der Waals surface area (Å²) in [6, 6.07) is 6.67. The fourth-order valence-electron chi connectivity index (χ4n) is 5.64. The number of fused-ring (bicyclic) bond motifs is 1. The predicted molar refractivity (Wildman–Crippen MR) is 134 cm³/mol. The number of rotatable bonds is 1. The number of aliphatic hydroxyl groups is 1. The van der Waals surface area contributed by atoms with Gasteiger partial charge in [-0.25, -0.2) is 4.98 Å². The van der Waals surface area contributed by atoms with E-state index >= 15 is 0 Å². The van der Waals surface area contributed by atoms with Crippen LogP contribution in [0.2, 0.25) is 0 Å². The van der Waals surface area contributed by atoms with Crippen LogP contribution in [0.5, 0.6) is 0 Å². The Morgan fingerprint density at radius 1 is 1.03 bits per heavy atom. The molecular formula is C28H46N2O2. The minimum atomic E-state index is -0.187. The fraction of sp³-hybridized carbons (Fsp3) is 0.750. The molecule has 2 heterocycles. The van der Waals surface area contributed by atoms with Crippen LogP contribution in [0.3, 0.4) is 0 Å². The van der Waals surface area contributed by atoms with E-state index in [-0.39, 0.29) is 17.6 Å². The minimum absolute atomic E-state index is 0.150. The first-order chi connectivity index (χ1) is 15.2. The van der Waals surface area contributed by atoms with Gasteiger partial charge in [-0.05, 0) is 74.0 Å². The second-order valence-electron chi connectivity index (χ2n) is 11.2. The lowest BCUT2D eigenvalue weighted by Gasteiger charge is -2.33. The van der Waals surface area contributed by atoms with Crippen molar-refractivity contribution in [2.75, 3.05) is 6.61 Å². The van der Waals surface area contributed by atoms with Crippen molar-refractivity contribution in [3.63, 3.8) is 0 Å². The zero-order chi connectivity index (χ0) is 23.3. The third-order valence-electron chi connectivity index (χ3n) is 7.73. The summed E-state index contributed by atoms with van der Waals surface area (Å²) >= 11 is 0. The maximum absolute atomic E-state index is 10.8. The average molecular weight is 443 g/mol. The maximum atomic E-state index is 10.8. The second kappa shape index (κ2) is 11.2. The number of hydrogen-bond acceptors (Lipinski definition) is 3. The third kappa shape index (κ3) is 6.57. The summed E-state index contributed by atoms with van der Waals surface area (Å²) in [6.07, 6.45) is 10.3. The average Bonchev–Trinajstić information content (AvgIpc) is 3.03. The number of aryl methyl sites for hydroxylation is 2. The first kappa shape index (κ1) is 25.2. The quantitative estimate of drug-likeness (QED) is 0.511. The van der Waals surface area contributed by atoms with E-state index in [0.717, 1.165) is 50.1 Å². The van der Waals surface area contributed by atoms with Gasteiger partial charge in [-0.1, -0.05) is 59.4 Å². The van der Waals surface area contributed by atoms with Gasteiger partial charge in [0.05, 0.1) is 23.2 Å². The van der Waals surface area contributed by atoms with Crippen LogP contribution in [-0.4, -0.2) is 27.4 Å². The molecule has 1 saturated heterocycles. The van der Waals surface area contributed by atoms with E-state index in [4.69, 9.17) is 9.72 Å². The number of aromatic nitrogens is 2. The molecule has 1 aliphatic rings. The zero-order valence-corrected chi connectivity index (χ0v) is 21.4. The number of benzene rings is 1. The Labute approximate surface area is 195 Å². The Kier molecular flexibility index (Phi) is 8.80. The normalized spacial score (nSPS) is 29.2. The molecule has 0 aliphatic carbocycles. The number of aliphatic hydroxyl groups excluding tert-OH is 1. The summed E-state index contributed by atoms with van der Waals surface area (Å²) in [5.41, 5.74) is 3.74. The van der Waals surface area contributed by atoms with Gasteiger partial charge in [0.1, 0.15) is 5.82 Å². The van der Waals surface area contributed by atoms with Crippen molar-refractivity contribution < 1.29 is 9.84 Å². The van der Waals surface area contributed by atoms with Crippen LogP contribution in [0, 0.1) is 24.2 Å². The number of hydrogen-bond donors (Lipinski definition) is 1. The molecule has 1 aromatic carbocycles. The van der Waals surface area contributed by atoms with Gasteiger partial charge in [-0.2, -0.15) is 0 Å². The summed E-state index contributed by atoms with van der Waals surface area (Å²) in [5.74, 6) is 1.78. The lowest BCUT2D eigenvalue weighted by Crippen LogP contribution is -2.30. The zero-order valence-electron chi connectivity index (χ0n) is 21.4. The molecule has 32 heavy (non-hydrogen) atoms. The molecule has 0 amide bonds. The van der Waals surface area contributed by atoms with Crippen molar-refractivity contribution in [3.8, 4) is 0 Å². The van der Waals surface area contributed by atoms with Gasteiger partial charge < -0.3 is 14.4 Å². The van der Waals surface area contributed by atoms with E-state index in [1.54, 1.807) is 0 Å². The van der Waals surface area contributed by atoms with Crippen LogP contribution in [0.4, 0.5) is 0 Å². The molecule has 180 valence electrons. The Morgan fingerprint density at radius 3 is 2.50 bits per heavy atom. The number of ether oxygens (including phenoxy) is 1.